The van der Waals surface area contributed by atoms with Crippen molar-refractivity contribution >= 4 is 11.3 Å². The summed E-state index contributed by atoms with van der Waals surface area (Å²) < 4.78 is 5.30. The number of thiophene rings is 1. The minimum Gasteiger partial charge on any atom is -0.380 e. The van der Waals surface area contributed by atoms with Gasteiger partial charge in [-0.2, -0.15) is 0 Å². The van der Waals surface area contributed by atoms with Gasteiger partial charge in [-0.1, -0.05) is 6.07 Å². The fraction of sp³-hybridized carbons (Fsp3) is 0.714. The van der Waals surface area contributed by atoms with Gasteiger partial charge in [0.1, 0.15) is 0 Å². The molecule has 0 aliphatic rings. The van der Waals surface area contributed by atoms with Gasteiger partial charge in [0, 0.05) is 43.7 Å². The van der Waals surface area contributed by atoms with Crippen LogP contribution in [0.15, 0.2) is 17.5 Å². The summed E-state index contributed by atoms with van der Waals surface area (Å²) in [4.78, 5) is 3.94. The summed E-state index contributed by atoms with van der Waals surface area (Å²) in [6.07, 6.45) is 0. The van der Waals surface area contributed by atoms with Gasteiger partial charge in [0.15, 0.2) is 0 Å². The maximum Gasteiger partial charge on any atom is 0.0590 e. The summed E-state index contributed by atoms with van der Waals surface area (Å²) in [6.45, 7) is 12.3. The molecule has 1 rings (SSSR count). The molecule has 0 fully saturated rings. The summed E-state index contributed by atoms with van der Waals surface area (Å²) >= 11 is 1.84. The van der Waals surface area contributed by atoms with E-state index in [0.29, 0.717) is 6.04 Å². The first-order valence-corrected chi connectivity index (χ1v) is 7.67. The highest BCUT2D eigenvalue weighted by Crippen LogP contribution is 2.13. The van der Waals surface area contributed by atoms with E-state index in [9.17, 15) is 0 Å². The molecule has 1 N–H and O–H groups in total. The predicted octanol–water partition coefficient (Wildman–Crippen LogP) is 2.58. The molecule has 0 amide bonds. The smallest absolute Gasteiger partial charge is 0.0590 e. The van der Waals surface area contributed by atoms with Gasteiger partial charge in [-0.3, -0.25) is 4.90 Å². The molecular formula is C14H26N2OS. The van der Waals surface area contributed by atoms with Crippen molar-refractivity contribution in [2.75, 3.05) is 32.8 Å². The highest BCUT2D eigenvalue weighted by atomic mass is 32.1. The lowest BCUT2D eigenvalue weighted by Crippen LogP contribution is -2.37. The highest BCUT2D eigenvalue weighted by molar-refractivity contribution is 7.09. The second kappa shape index (κ2) is 9.50. The van der Waals surface area contributed by atoms with E-state index in [1.807, 2.05) is 18.3 Å². The molecular weight excluding hydrogens is 244 g/mol. The van der Waals surface area contributed by atoms with E-state index in [4.69, 9.17) is 4.74 Å². The normalized spacial score (nSPS) is 11.6. The first kappa shape index (κ1) is 15.6. The van der Waals surface area contributed by atoms with Gasteiger partial charge in [-0.05, 0) is 32.2 Å². The van der Waals surface area contributed by atoms with Crippen LogP contribution >= 0.6 is 11.3 Å². The van der Waals surface area contributed by atoms with E-state index in [1.165, 1.54) is 4.88 Å². The van der Waals surface area contributed by atoms with Crippen molar-refractivity contribution in [3.05, 3.63) is 22.4 Å². The summed E-state index contributed by atoms with van der Waals surface area (Å²) in [5.74, 6) is 0. The van der Waals surface area contributed by atoms with E-state index in [2.05, 4.69) is 41.6 Å². The van der Waals surface area contributed by atoms with E-state index < -0.39 is 0 Å². The van der Waals surface area contributed by atoms with E-state index in [1.54, 1.807) is 0 Å². The fourth-order valence-corrected chi connectivity index (χ4v) is 2.49. The van der Waals surface area contributed by atoms with E-state index in [0.717, 1.165) is 39.4 Å². The van der Waals surface area contributed by atoms with Crippen molar-refractivity contribution in [1.29, 1.82) is 0 Å². The van der Waals surface area contributed by atoms with E-state index >= 15 is 0 Å². The Hall–Kier alpha value is -0.420. The number of ether oxygens (including phenoxy) is 1. The maximum atomic E-state index is 5.30. The van der Waals surface area contributed by atoms with Crippen molar-refractivity contribution in [3.8, 4) is 0 Å². The molecule has 0 aliphatic heterocycles. The van der Waals surface area contributed by atoms with Gasteiger partial charge >= 0.3 is 0 Å². The molecule has 0 radical (unpaired) electrons. The van der Waals surface area contributed by atoms with Crippen LogP contribution in [0.1, 0.15) is 25.6 Å². The van der Waals surface area contributed by atoms with Gasteiger partial charge in [-0.15, -0.1) is 11.3 Å². The average Bonchev–Trinajstić information content (AvgIpc) is 2.84. The van der Waals surface area contributed by atoms with Crippen molar-refractivity contribution < 1.29 is 4.74 Å². The Labute approximate surface area is 115 Å². The molecule has 0 saturated carbocycles. The highest BCUT2D eigenvalue weighted by Gasteiger charge is 2.09. The number of nitrogens with zero attached hydrogens (tertiary/aromatic N) is 1. The first-order valence-electron chi connectivity index (χ1n) is 6.79. The summed E-state index contributed by atoms with van der Waals surface area (Å²) in [5, 5.41) is 5.57. The molecule has 4 heteroatoms. The average molecular weight is 270 g/mol. The summed E-state index contributed by atoms with van der Waals surface area (Å²) in [6, 6.07) is 4.92. The minimum atomic E-state index is 0.584. The monoisotopic (exact) mass is 270 g/mol. The molecule has 0 bridgehead atoms. The Morgan fingerprint density at radius 2 is 2.22 bits per heavy atom. The summed E-state index contributed by atoms with van der Waals surface area (Å²) in [5.41, 5.74) is 0. The van der Waals surface area contributed by atoms with Crippen molar-refractivity contribution in [2.45, 2.75) is 33.4 Å². The molecule has 0 aliphatic carbocycles. The zero-order chi connectivity index (χ0) is 13.2. The number of rotatable bonds is 10. The molecule has 18 heavy (non-hydrogen) atoms. The Kier molecular flexibility index (Phi) is 8.25. The van der Waals surface area contributed by atoms with Gasteiger partial charge < -0.3 is 10.1 Å². The van der Waals surface area contributed by atoms with Gasteiger partial charge in [0.25, 0.3) is 0 Å². The Morgan fingerprint density at radius 1 is 1.39 bits per heavy atom. The summed E-state index contributed by atoms with van der Waals surface area (Å²) in [7, 11) is 0. The Bertz CT molecular complexity index is 288. The lowest BCUT2D eigenvalue weighted by atomic mass is 10.3. The van der Waals surface area contributed by atoms with Crippen LogP contribution in [0.2, 0.25) is 0 Å². The van der Waals surface area contributed by atoms with Crippen LogP contribution in [0, 0.1) is 0 Å². The Morgan fingerprint density at radius 3 is 2.83 bits per heavy atom. The molecule has 1 aromatic heterocycles. The van der Waals surface area contributed by atoms with E-state index in [-0.39, 0.29) is 0 Å². The molecule has 0 unspecified atom stereocenters. The fourth-order valence-electron chi connectivity index (χ4n) is 1.76. The third kappa shape index (κ3) is 6.50. The van der Waals surface area contributed by atoms with Crippen molar-refractivity contribution in [1.82, 2.24) is 10.2 Å². The van der Waals surface area contributed by atoms with Crippen LogP contribution < -0.4 is 5.32 Å². The van der Waals surface area contributed by atoms with Crippen LogP contribution in [-0.4, -0.2) is 43.8 Å². The molecule has 1 aromatic rings. The molecule has 0 spiro atoms. The number of hydrogen-bond acceptors (Lipinski definition) is 4. The number of nitrogens with one attached hydrogen (secondary N) is 1. The first-order chi connectivity index (χ1) is 8.74. The Balaban J connectivity index is 2.18. The van der Waals surface area contributed by atoms with Gasteiger partial charge in [0.2, 0.25) is 0 Å². The number of hydrogen-bond donors (Lipinski definition) is 1. The third-order valence-electron chi connectivity index (χ3n) is 2.87. The lowest BCUT2D eigenvalue weighted by molar-refractivity contribution is 0.147. The lowest BCUT2D eigenvalue weighted by Gasteiger charge is -2.26. The molecule has 0 aromatic carbocycles. The second-order valence-electron chi connectivity index (χ2n) is 4.59. The van der Waals surface area contributed by atoms with Crippen LogP contribution in [0.25, 0.3) is 0 Å². The molecule has 0 atom stereocenters. The van der Waals surface area contributed by atoms with Gasteiger partial charge in [-0.25, -0.2) is 0 Å². The van der Waals surface area contributed by atoms with Crippen LogP contribution in [-0.2, 0) is 11.3 Å². The van der Waals surface area contributed by atoms with Crippen molar-refractivity contribution in [2.24, 2.45) is 0 Å². The van der Waals surface area contributed by atoms with Crippen LogP contribution in [0.4, 0.5) is 0 Å². The predicted molar refractivity (Wildman–Crippen MR) is 79.2 cm³/mol. The molecule has 3 nitrogen and oxygen atoms in total. The SMILES string of the molecule is CCOCCNCCN(Cc1cccs1)C(C)C. The zero-order valence-electron chi connectivity index (χ0n) is 11.8. The topological polar surface area (TPSA) is 24.5 Å². The third-order valence-corrected chi connectivity index (χ3v) is 3.73. The quantitative estimate of drug-likeness (QED) is 0.661. The standard InChI is InChI=1S/C14H26N2OS/c1-4-17-10-8-15-7-9-16(13(2)3)12-14-6-5-11-18-14/h5-6,11,13,15H,4,7-10,12H2,1-3H3. The van der Waals surface area contributed by atoms with Crippen LogP contribution in [0.3, 0.4) is 0 Å². The largest absolute Gasteiger partial charge is 0.380 e. The second-order valence-corrected chi connectivity index (χ2v) is 5.62. The molecule has 104 valence electrons. The van der Waals surface area contributed by atoms with Crippen molar-refractivity contribution in [3.63, 3.8) is 0 Å². The zero-order valence-corrected chi connectivity index (χ0v) is 12.6. The molecule has 0 saturated heterocycles. The maximum absolute atomic E-state index is 5.30. The minimum absolute atomic E-state index is 0.584. The van der Waals surface area contributed by atoms with Gasteiger partial charge in [0.05, 0.1) is 6.61 Å². The molecule has 1 heterocycles. The van der Waals surface area contributed by atoms with Crippen LogP contribution in [0.5, 0.6) is 0 Å².